The molecule has 0 fully saturated rings. The van der Waals surface area contributed by atoms with Crippen molar-refractivity contribution in [3.63, 3.8) is 0 Å². The molecule has 0 saturated heterocycles. The van der Waals surface area contributed by atoms with E-state index >= 15 is 0 Å². The summed E-state index contributed by atoms with van der Waals surface area (Å²) in [5.74, 6) is 1.01. The maximum atomic E-state index is 5.88. The van der Waals surface area contributed by atoms with Crippen LogP contribution in [0.25, 0.3) is 0 Å². The molecule has 20 heavy (non-hydrogen) atoms. The molecule has 0 aliphatic heterocycles. The lowest BCUT2D eigenvalue weighted by atomic mass is 10.1. The standard InChI is InChI=1S/C18H31NO/c1-2-3-4-5-6-7-8-11-16-20-18-13-10-9-12-17(18)14-15-19/h9-10,12-13H,2-8,11,14-16,19H2,1H3. The Kier molecular flexibility index (Phi) is 10.0. The molecule has 0 aliphatic rings. The summed E-state index contributed by atoms with van der Waals surface area (Å²) >= 11 is 0. The number of unbranched alkanes of at least 4 members (excludes halogenated alkanes) is 7. The molecule has 0 amide bonds. The Labute approximate surface area is 124 Å². The van der Waals surface area contributed by atoms with Gasteiger partial charge in [-0.2, -0.15) is 0 Å². The van der Waals surface area contributed by atoms with E-state index in [2.05, 4.69) is 19.1 Å². The highest BCUT2D eigenvalue weighted by Gasteiger charge is 2.01. The molecule has 0 radical (unpaired) electrons. The van der Waals surface area contributed by atoms with Crippen molar-refractivity contribution in [1.29, 1.82) is 0 Å². The number of nitrogens with two attached hydrogens (primary N) is 1. The van der Waals surface area contributed by atoms with Crippen molar-refractivity contribution in [3.8, 4) is 5.75 Å². The largest absolute Gasteiger partial charge is 0.493 e. The first-order chi connectivity index (χ1) is 9.88. The number of rotatable bonds is 12. The van der Waals surface area contributed by atoms with Gasteiger partial charge in [0.2, 0.25) is 0 Å². The third-order valence-electron chi connectivity index (χ3n) is 3.64. The third kappa shape index (κ3) is 7.54. The van der Waals surface area contributed by atoms with E-state index in [4.69, 9.17) is 10.5 Å². The van der Waals surface area contributed by atoms with Crippen LogP contribution < -0.4 is 10.5 Å². The Hall–Kier alpha value is -1.02. The quantitative estimate of drug-likeness (QED) is 0.562. The molecule has 0 aliphatic carbocycles. The Morgan fingerprint density at radius 1 is 0.900 bits per heavy atom. The summed E-state index contributed by atoms with van der Waals surface area (Å²) in [6.45, 7) is 3.77. The zero-order valence-corrected chi connectivity index (χ0v) is 13.1. The molecular formula is C18H31NO. The minimum Gasteiger partial charge on any atom is -0.493 e. The molecule has 114 valence electrons. The van der Waals surface area contributed by atoms with Crippen LogP contribution in [0.3, 0.4) is 0 Å². The first kappa shape index (κ1) is 17.0. The van der Waals surface area contributed by atoms with Crippen LogP contribution in [-0.2, 0) is 6.42 Å². The number of hydrogen-bond acceptors (Lipinski definition) is 2. The van der Waals surface area contributed by atoms with Gasteiger partial charge < -0.3 is 10.5 Å². The third-order valence-corrected chi connectivity index (χ3v) is 3.64. The summed E-state index contributed by atoms with van der Waals surface area (Å²) in [4.78, 5) is 0. The summed E-state index contributed by atoms with van der Waals surface area (Å²) in [7, 11) is 0. The number of hydrogen-bond donors (Lipinski definition) is 1. The van der Waals surface area contributed by atoms with E-state index in [0.717, 1.165) is 25.2 Å². The second-order valence-corrected chi connectivity index (χ2v) is 5.47. The predicted octanol–water partition coefficient (Wildman–Crippen LogP) is 4.71. The highest BCUT2D eigenvalue weighted by atomic mass is 16.5. The van der Waals surface area contributed by atoms with E-state index in [1.54, 1.807) is 0 Å². The molecule has 2 nitrogen and oxygen atoms in total. The lowest BCUT2D eigenvalue weighted by Gasteiger charge is -2.10. The smallest absolute Gasteiger partial charge is 0.122 e. The monoisotopic (exact) mass is 277 g/mol. The first-order valence-corrected chi connectivity index (χ1v) is 8.29. The van der Waals surface area contributed by atoms with Crippen molar-refractivity contribution in [2.75, 3.05) is 13.2 Å². The van der Waals surface area contributed by atoms with Crippen molar-refractivity contribution in [3.05, 3.63) is 29.8 Å². The summed E-state index contributed by atoms with van der Waals surface area (Å²) in [5, 5.41) is 0. The van der Waals surface area contributed by atoms with Crippen molar-refractivity contribution in [2.45, 2.75) is 64.7 Å². The summed E-state index contributed by atoms with van der Waals surface area (Å²) < 4.78 is 5.88. The second-order valence-electron chi connectivity index (χ2n) is 5.47. The van der Waals surface area contributed by atoms with Gasteiger partial charge in [-0.3, -0.25) is 0 Å². The predicted molar refractivity (Wildman–Crippen MR) is 87.3 cm³/mol. The van der Waals surface area contributed by atoms with E-state index in [1.165, 1.54) is 50.5 Å². The number of ether oxygens (including phenoxy) is 1. The van der Waals surface area contributed by atoms with Crippen LogP contribution in [0.2, 0.25) is 0 Å². The molecule has 0 saturated carbocycles. The Balaban J connectivity index is 2.06. The van der Waals surface area contributed by atoms with Crippen LogP contribution in [0.15, 0.2) is 24.3 Å². The van der Waals surface area contributed by atoms with Crippen LogP contribution in [0.5, 0.6) is 5.75 Å². The SMILES string of the molecule is CCCCCCCCCCOc1ccccc1CCN. The zero-order valence-electron chi connectivity index (χ0n) is 13.1. The van der Waals surface area contributed by atoms with Gasteiger partial charge in [-0.05, 0) is 31.0 Å². The normalized spacial score (nSPS) is 10.7. The maximum absolute atomic E-state index is 5.88. The first-order valence-electron chi connectivity index (χ1n) is 8.29. The molecule has 0 heterocycles. The Morgan fingerprint density at radius 2 is 1.55 bits per heavy atom. The second kappa shape index (κ2) is 11.8. The molecule has 0 bridgehead atoms. The summed E-state index contributed by atoms with van der Waals surface area (Å²) in [6.07, 6.45) is 11.6. The van der Waals surface area contributed by atoms with Crippen LogP contribution in [0.4, 0.5) is 0 Å². The van der Waals surface area contributed by atoms with Crippen molar-refractivity contribution >= 4 is 0 Å². The maximum Gasteiger partial charge on any atom is 0.122 e. The van der Waals surface area contributed by atoms with Crippen molar-refractivity contribution in [2.24, 2.45) is 5.73 Å². The minimum atomic E-state index is 0.679. The van der Waals surface area contributed by atoms with Gasteiger partial charge in [-0.25, -0.2) is 0 Å². The lowest BCUT2D eigenvalue weighted by Crippen LogP contribution is -2.06. The Morgan fingerprint density at radius 3 is 2.25 bits per heavy atom. The summed E-state index contributed by atoms with van der Waals surface area (Å²) in [6, 6.07) is 8.24. The van der Waals surface area contributed by atoms with E-state index in [9.17, 15) is 0 Å². The van der Waals surface area contributed by atoms with E-state index < -0.39 is 0 Å². The highest BCUT2D eigenvalue weighted by Crippen LogP contribution is 2.18. The van der Waals surface area contributed by atoms with Gasteiger partial charge in [-0.1, -0.05) is 70.1 Å². The van der Waals surface area contributed by atoms with Gasteiger partial charge in [0.05, 0.1) is 6.61 Å². The van der Waals surface area contributed by atoms with Crippen LogP contribution in [0.1, 0.15) is 63.9 Å². The van der Waals surface area contributed by atoms with E-state index in [-0.39, 0.29) is 0 Å². The van der Waals surface area contributed by atoms with Crippen molar-refractivity contribution < 1.29 is 4.74 Å². The number of para-hydroxylation sites is 1. The average molecular weight is 277 g/mol. The van der Waals surface area contributed by atoms with Gasteiger partial charge in [0.1, 0.15) is 5.75 Å². The van der Waals surface area contributed by atoms with Crippen LogP contribution >= 0.6 is 0 Å². The topological polar surface area (TPSA) is 35.2 Å². The van der Waals surface area contributed by atoms with E-state index in [1.807, 2.05) is 12.1 Å². The minimum absolute atomic E-state index is 0.679. The Bertz CT molecular complexity index is 338. The fourth-order valence-electron chi connectivity index (χ4n) is 2.42. The van der Waals surface area contributed by atoms with Gasteiger partial charge in [0, 0.05) is 0 Å². The fourth-order valence-corrected chi connectivity index (χ4v) is 2.42. The van der Waals surface area contributed by atoms with Crippen LogP contribution in [-0.4, -0.2) is 13.2 Å². The molecule has 1 aromatic carbocycles. The van der Waals surface area contributed by atoms with Crippen LogP contribution in [0, 0.1) is 0 Å². The van der Waals surface area contributed by atoms with Gasteiger partial charge in [0.25, 0.3) is 0 Å². The molecule has 1 rings (SSSR count). The molecule has 2 N–H and O–H groups in total. The van der Waals surface area contributed by atoms with Crippen molar-refractivity contribution in [1.82, 2.24) is 0 Å². The molecule has 0 spiro atoms. The summed E-state index contributed by atoms with van der Waals surface area (Å²) in [5.41, 5.74) is 6.85. The van der Waals surface area contributed by atoms with Gasteiger partial charge in [-0.15, -0.1) is 0 Å². The molecule has 1 aromatic rings. The van der Waals surface area contributed by atoms with E-state index in [0.29, 0.717) is 6.54 Å². The number of benzene rings is 1. The average Bonchev–Trinajstić information content (AvgIpc) is 2.47. The molecule has 0 unspecified atom stereocenters. The fraction of sp³-hybridized carbons (Fsp3) is 0.667. The van der Waals surface area contributed by atoms with Gasteiger partial charge >= 0.3 is 0 Å². The molecule has 2 heteroatoms. The zero-order chi connectivity index (χ0) is 14.5. The highest BCUT2D eigenvalue weighted by molar-refractivity contribution is 5.33. The molecule has 0 atom stereocenters. The molecule has 0 aromatic heterocycles. The van der Waals surface area contributed by atoms with Gasteiger partial charge in [0.15, 0.2) is 0 Å². The molecular weight excluding hydrogens is 246 g/mol. The lowest BCUT2D eigenvalue weighted by molar-refractivity contribution is 0.301.